The third kappa shape index (κ3) is 5.69. The Morgan fingerprint density at radius 2 is 1.65 bits per heavy atom. The number of halogens is 4. The number of amides is 1. The Bertz CT molecular complexity index is 797. The van der Waals surface area contributed by atoms with Crippen molar-refractivity contribution in [1.82, 2.24) is 0 Å². The Hall–Kier alpha value is -3.23. The molecule has 0 heterocycles. The van der Waals surface area contributed by atoms with Crippen molar-refractivity contribution in [1.29, 1.82) is 0 Å². The Morgan fingerprint density at radius 3 is 2.31 bits per heavy atom. The van der Waals surface area contributed by atoms with Gasteiger partial charge >= 0.3 is 13.2 Å². The van der Waals surface area contributed by atoms with E-state index in [1.54, 1.807) is 24.3 Å². The minimum Gasteiger partial charge on any atom is -0.431 e. The number of benzene rings is 2. The smallest absolute Gasteiger partial charge is 0.387 e. The molecule has 0 aliphatic heterocycles. The van der Waals surface area contributed by atoms with Crippen LogP contribution in [0, 0.1) is 0 Å². The summed E-state index contributed by atoms with van der Waals surface area (Å²) in [5.41, 5.74) is 6.74. The lowest BCUT2D eigenvalue weighted by Crippen LogP contribution is -2.09. The van der Waals surface area contributed by atoms with Crippen molar-refractivity contribution >= 4 is 23.4 Å². The number of carbonyl (C=O) groups excluding carboxylic acids is 1. The number of hydrogen-bond donors (Lipinski definition) is 2. The maximum atomic E-state index is 12.4. The van der Waals surface area contributed by atoms with E-state index in [-0.39, 0.29) is 5.56 Å². The molecule has 0 unspecified atom stereocenters. The van der Waals surface area contributed by atoms with E-state index < -0.39 is 30.6 Å². The van der Waals surface area contributed by atoms with Crippen molar-refractivity contribution in [3.63, 3.8) is 0 Å². The van der Waals surface area contributed by atoms with E-state index in [0.29, 0.717) is 11.4 Å². The van der Waals surface area contributed by atoms with Crippen LogP contribution < -0.4 is 20.5 Å². The van der Waals surface area contributed by atoms with Gasteiger partial charge in [-0.25, -0.2) is 0 Å². The SMILES string of the molecule is Nc1ccccc1NC(=O)/C=C/c1ccc(OC(F)F)c(OC(F)F)c1. The van der Waals surface area contributed by atoms with E-state index in [2.05, 4.69) is 14.8 Å². The van der Waals surface area contributed by atoms with Gasteiger partial charge in [0.25, 0.3) is 0 Å². The summed E-state index contributed by atoms with van der Waals surface area (Å²) in [6.07, 6.45) is 2.42. The fourth-order valence-corrected chi connectivity index (χ4v) is 1.97. The number of nitrogens with two attached hydrogens (primary N) is 1. The highest BCUT2D eigenvalue weighted by molar-refractivity contribution is 6.03. The number of hydrogen-bond acceptors (Lipinski definition) is 4. The second kappa shape index (κ2) is 8.75. The summed E-state index contributed by atoms with van der Waals surface area (Å²) in [4.78, 5) is 11.9. The van der Waals surface area contributed by atoms with Crippen LogP contribution in [-0.2, 0) is 4.79 Å². The van der Waals surface area contributed by atoms with Crippen molar-refractivity contribution in [2.45, 2.75) is 13.2 Å². The van der Waals surface area contributed by atoms with E-state index in [1.807, 2.05) is 0 Å². The number of nitrogens with one attached hydrogen (secondary N) is 1. The molecule has 0 aliphatic rings. The van der Waals surface area contributed by atoms with Gasteiger partial charge in [-0.3, -0.25) is 4.79 Å². The Morgan fingerprint density at radius 1 is 1.00 bits per heavy atom. The first-order chi connectivity index (χ1) is 12.3. The zero-order valence-electron chi connectivity index (χ0n) is 13.2. The van der Waals surface area contributed by atoms with E-state index in [9.17, 15) is 22.4 Å². The van der Waals surface area contributed by atoms with Crippen LogP contribution in [0.3, 0.4) is 0 Å². The standard InChI is InChI=1S/C17H14F4N2O3/c18-16(19)25-13-7-5-10(9-14(13)26-17(20)21)6-8-15(24)23-12-4-2-1-3-11(12)22/h1-9,16-17H,22H2,(H,23,24)/b8-6+. The van der Waals surface area contributed by atoms with E-state index in [1.165, 1.54) is 12.1 Å². The molecule has 0 aromatic heterocycles. The molecule has 0 spiro atoms. The third-order valence-electron chi connectivity index (χ3n) is 3.05. The molecule has 0 saturated carbocycles. The average Bonchev–Trinajstić information content (AvgIpc) is 2.56. The normalized spacial score (nSPS) is 11.2. The van der Waals surface area contributed by atoms with Crippen LogP contribution in [0.1, 0.15) is 5.56 Å². The first-order valence-corrected chi connectivity index (χ1v) is 7.22. The van der Waals surface area contributed by atoms with Crippen molar-refractivity contribution in [3.05, 3.63) is 54.1 Å². The monoisotopic (exact) mass is 370 g/mol. The largest absolute Gasteiger partial charge is 0.431 e. The Kier molecular flexibility index (Phi) is 6.42. The number of nitrogen functional groups attached to an aromatic ring is 1. The number of para-hydroxylation sites is 2. The van der Waals surface area contributed by atoms with Crippen molar-refractivity contribution < 1.29 is 31.8 Å². The molecule has 3 N–H and O–H groups in total. The molecule has 9 heteroatoms. The molecule has 1 amide bonds. The Labute approximate surface area is 146 Å². The van der Waals surface area contributed by atoms with Gasteiger partial charge in [0.2, 0.25) is 5.91 Å². The molecule has 0 aliphatic carbocycles. The summed E-state index contributed by atoms with van der Waals surface area (Å²) in [5, 5.41) is 2.54. The zero-order valence-corrected chi connectivity index (χ0v) is 13.2. The maximum absolute atomic E-state index is 12.4. The van der Waals surface area contributed by atoms with Gasteiger partial charge in [0, 0.05) is 6.08 Å². The lowest BCUT2D eigenvalue weighted by Gasteiger charge is -2.12. The number of carbonyl (C=O) groups is 1. The zero-order chi connectivity index (χ0) is 19.1. The fraction of sp³-hybridized carbons (Fsp3) is 0.118. The minimum absolute atomic E-state index is 0.262. The summed E-state index contributed by atoms with van der Waals surface area (Å²) >= 11 is 0. The van der Waals surface area contributed by atoms with Gasteiger partial charge < -0.3 is 20.5 Å². The molecule has 0 fully saturated rings. The Balaban J connectivity index is 2.13. The van der Waals surface area contributed by atoms with Crippen LogP contribution in [0.2, 0.25) is 0 Å². The highest BCUT2D eigenvalue weighted by atomic mass is 19.3. The summed E-state index contributed by atoms with van der Waals surface area (Å²) in [6, 6.07) is 9.98. The lowest BCUT2D eigenvalue weighted by atomic mass is 10.2. The van der Waals surface area contributed by atoms with Gasteiger partial charge in [0.15, 0.2) is 11.5 Å². The first kappa shape index (κ1) is 19.1. The van der Waals surface area contributed by atoms with Gasteiger partial charge in [-0.15, -0.1) is 0 Å². The number of rotatable bonds is 7. The van der Waals surface area contributed by atoms with Crippen LogP contribution in [0.4, 0.5) is 28.9 Å². The first-order valence-electron chi connectivity index (χ1n) is 7.22. The van der Waals surface area contributed by atoms with E-state index >= 15 is 0 Å². The number of ether oxygens (including phenoxy) is 2. The van der Waals surface area contributed by atoms with Crippen LogP contribution in [-0.4, -0.2) is 19.1 Å². The molecule has 26 heavy (non-hydrogen) atoms. The van der Waals surface area contributed by atoms with Gasteiger partial charge in [0.1, 0.15) is 0 Å². The van der Waals surface area contributed by atoms with Crippen molar-refractivity contribution in [2.75, 3.05) is 11.1 Å². The number of anilines is 2. The van der Waals surface area contributed by atoms with Gasteiger partial charge in [-0.2, -0.15) is 17.6 Å². The summed E-state index contributed by atoms with van der Waals surface area (Å²) in [7, 11) is 0. The molecule has 5 nitrogen and oxygen atoms in total. The topological polar surface area (TPSA) is 73.6 Å². The van der Waals surface area contributed by atoms with Crippen molar-refractivity contribution in [2.24, 2.45) is 0 Å². The molecule has 138 valence electrons. The third-order valence-corrected chi connectivity index (χ3v) is 3.05. The minimum atomic E-state index is -3.22. The molecule has 0 bridgehead atoms. The second-order valence-electron chi connectivity index (χ2n) is 4.87. The fourth-order valence-electron chi connectivity index (χ4n) is 1.97. The molecular weight excluding hydrogens is 356 g/mol. The maximum Gasteiger partial charge on any atom is 0.387 e. The van der Waals surface area contributed by atoms with Gasteiger partial charge in [0.05, 0.1) is 11.4 Å². The van der Waals surface area contributed by atoms with Crippen LogP contribution in [0.5, 0.6) is 11.5 Å². The molecule has 2 aromatic carbocycles. The highest BCUT2D eigenvalue weighted by Crippen LogP contribution is 2.31. The van der Waals surface area contributed by atoms with Crippen LogP contribution in [0.25, 0.3) is 6.08 Å². The van der Waals surface area contributed by atoms with Crippen LogP contribution >= 0.6 is 0 Å². The van der Waals surface area contributed by atoms with Crippen molar-refractivity contribution in [3.8, 4) is 11.5 Å². The van der Waals surface area contributed by atoms with E-state index in [4.69, 9.17) is 5.73 Å². The summed E-state index contributed by atoms with van der Waals surface area (Å²) in [5.74, 6) is -1.64. The van der Waals surface area contributed by atoms with Crippen LogP contribution in [0.15, 0.2) is 48.5 Å². The second-order valence-corrected chi connectivity index (χ2v) is 4.87. The predicted molar refractivity (Wildman–Crippen MR) is 88.2 cm³/mol. The van der Waals surface area contributed by atoms with Gasteiger partial charge in [-0.05, 0) is 35.9 Å². The predicted octanol–water partition coefficient (Wildman–Crippen LogP) is 4.12. The summed E-state index contributed by atoms with van der Waals surface area (Å²) in [6.45, 7) is -6.42. The number of alkyl halides is 4. The lowest BCUT2D eigenvalue weighted by molar-refractivity contribution is -0.111. The summed E-state index contributed by atoms with van der Waals surface area (Å²) < 4.78 is 57.7. The molecule has 2 rings (SSSR count). The van der Waals surface area contributed by atoms with Gasteiger partial charge in [-0.1, -0.05) is 18.2 Å². The average molecular weight is 370 g/mol. The molecular formula is C17H14F4N2O3. The highest BCUT2D eigenvalue weighted by Gasteiger charge is 2.15. The molecule has 2 aromatic rings. The quantitative estimate of drug-likeness (QED) is 0.437. The molecule has 0 radical (unpaired) electrons. The molecule has 0 atom stereocenters. The molecule has 0 saturated heterocycles. The van der Waals surface area contributed by atoms with E-state index in [0.717, 1.165) is 18.2 Å².